The molecule has 4 nitrogen and oxygen atoms in total. The largest absolute Gasteiger partial charge is 0.346 e. The summed E-state index contributed by atoms with van der Waals surface area (Å²) >= 11 is 0. The second-order valence-electron chi connectivity index (χ2n) is 8.97. The Morgan fingerprint density at radius 2 is 2.00 bits per heavy atom. The molecule has 1 unspecified atom stereocenters. The molecule has 1 fully saturated rings. The van der Waals surface area contributed by atoms with Crippen molar-refractivity contribution >= 4 is 11.5 Å². The van der Waals surface area contributed by atoms with E-state index >= 15 is 0 Å². The Bertz CT molecular complexity index is 1130. The van der Waals surface area contributed by atoms with Gasteiger partial charge >= 0.3 is 0 Å². The normalized spacial score (nSPS) is 24.1. The van der Waals surface area contributed by atoms with E-state index < -0.39 is 5.95 Å². The van der Waals surface area contributed by atoms with Crippen molar-refractivity contribution in [2.45, 2.75) is 51.0 Å². The molecule has 1 amide bonds. The average molecular weight is 387 g/mol. The first kappa shape index (κ1) is 17.1. The molecule has 3 aliphatic carbocycles. The van der Waals surface area contributed by atoms with Crippen LogP contribution in [0.3, 0.4) is 0 Å². The molecule has 1 spiro atoms. The third kappa shape index (κ3) is 2.60. The number of aryl methyl sites for hydroxylation is 1. The molecule has 0 radical (unpaired) electrons. The Kier molecular flexibility index (Phi) is 3.44. The van der Waals surface area contributed by atoms with Gasteiger partial charge in [-0.15, -0.1) is 0 Å². The van der Waals surface area contributed by atoms with Gasteiger partial charge in [-0.1, -0.05) is 12.5 Å². The van der Waals surface area contributed by atoms with E-state index in [9.17, 15) is 9.18 Å². The number of amides is 1. The predicted octanol–water partition coefficient (Wildman–Crippen LogP) is 4.37. The van der Waals surface area contributed by atoms with E-state index in [2.05, 4.69) is 28.3 Å². The summed E-state index contributed by atoms with van der Waals surface area (Å²) in [6.45, 7) is 2.26. The molecular formula is C24H22FN3O. The number of nitrogens with one attached hydrogen (secondary N) is 1. The minimum absolute atomic E-state index is 0.0570. The van der Waals surface area contributed by atoms with E-state index in [4.69, 9.17) is 0 Å². The van der Waals surface area contributed by atoms with Crippen molar-refractivity contribution in [1.29, 1.82) is 0 Å². The molecule has 2 aromatic rings. The van der Waals surface area contributed by atoms with Crippen LogP contribution in [-0.4, -0.2) is 21.4 Å². The fourth-order valence-corrected chi connectivity index (χ4v) is 5.31. The monoisotopic (exact) mass is 387 g/mol. The third-order valence-corrected chi connectivity index (χ3v) is 7.06. The quantitative estimate of drug-likeness (QED) is 0.739. The maximum Gasteiger partial charge on any atom is 0.251 e. The zero-order chi connectivity index (χ0) is 19.8. The smallest absolute Gasteiger partial charge is 0.251 e. The zero-order valence-corrected chi connectivity index (χ0v) is 16.4. The fraction of sp³-hybridized carbons (Fsp3) is 0.375. The molecule has 1 aliphatic heterocycles. The van der Waals surface area contributed by atoms with Crippen LogP contribution in [0, 0.1) is 11.9 Å². The maximum atomic E-state index is 13.2. The van der Waals surface area contributed by atoms with Crippen LogP contribution in [-0.2, 0) is 11.2 Å². The van der Waals surface area contributed by atoms with Gasteiger partial charge in [0.2, 0.25) is 5.95 Å². The molecule has 0 saturated heterocycles. The molecule has 146 valence electrons. The summed E-state index contributed by atoms with van der Waals surface area (Å²) in [6.07, 6.45) is 9.45. The Hall–Kier alpha value is -2.82. The predicted molar refractivity (Wildman–Crippen MR) is 108 cm³/mol. The molecule has 5 heteroatoms. The van der Waals surface area contributed by atoms with E-state index in [0.717, 1.165) is 55.4 Å². The second kappa shape index (κ2) is 5.85. The first-order valence-corrected chi connectivity index (χ1v) is 10.4. The molecule has 1 atom stereocenters. The van der Waals surface area contributed by atoms with Crippen molar-refractivity contribution in [3.63, 3.8) is 0 Å². The Morgan fingerprint density at radius 3 is 2.76 bits per heavy atom. The van der Waals surface area contributed by atoms with Crippen molar-refractivity contribution in [2.75, 3.05) is 0 Å². The van der Waals surface area contributed by atoms with Gasteiger partial charge in [0.15, 0.2) is 0 Å². The Morgan fingerprint density at radius 1 is 1.14 bits per heavy atom. The van der Waals surface area contributed by atoms with Gasteiger partial charge in [0, 0.05) is 29.1 Å². The minimum atomic E-state index is -0.492. The van der Waals surface area contributed by atoms with Crippen LogP contribution in [0.1, 0.15) is 50.2 Å². The first-order valence-electron chi connectivity index (χ1n) is 10.4. The number of carbonyl (C=O) groups is 1. The van der Waals surface area contributed by atoms with Gasteiger partial charge in [-0.2, -0.15) is 4.39 Å². The summed E-state index contributed by atoms with van der Waals surface area (Å²) in [5.74, 6) is 0.0135. The molecule has 3 heterocycles. The van der Waals surface area contributed by atoms with Crippen LogP contribution in [0.5, 0.6) is 0 Å². The number of carbonyl (C=O) groups excluding carboxylic acids is 1. The van der Waals surface area contributed by atoms with Crippen LogP contribution < -0.4 is 5.32 Å². The Labute approximate surface area is 169 Å². The van der Waals surface area contributed by atoms with E-state index in [1.807, 2.05) is 6.20 Å². The van der Waals surface area contributed by atoms with Gasteiger partial charge in [0.1, 0.15) is 0 Å². The van der Waals surface area contributed by atoms with Crippen LogP contribution in [0.4, 0.5) is 4.39 Å². The average Bonchev–Trinajstić information content (AvgIpc) is 3.46. The van der Waals surface area contributed by atoms with Gasteiger partial charge in [-0.3, -0.25) is 9.78 Å². The van der Waals surface area contributed by atoms with Crippen molar-refractivity contribution in [2.24, 2.45) is 5.92 Å². The highest BCUT2D eigenvalue weighted by atomic mass is 19.1. The number of hydrogen-bond donors (Lipinski definition) is 1. The molecule has 0 aromatic carbocycles. The lowest BCUT2D eigenvalue weighted by Gasteiger charge is -2.39. The second-order valence-corrected chi connectivity index (χ2v) is 8.97. The standard InChI is InChI=1S/C24H22FN3O/c1-13-8-18-16(22-19(13)10-24(6-7-24)28-23(22)29)4-2-14-11-26-20(9-17(14)18)15-3-5-21(25)27-12-15/h3,5,9,11-13H,2,4,6-8,10H2,1H3,(H,28,29). The molecule has 29 heavy (non-hydrogen) atoms. The van der Waals surface area contributed by atoms with Gasteiger partial charge in [-0.05, 0) is 84.9 Å². The Balaban J connectivity index is 1.48. The molecule has 6 rings (SSSR count). The lowest BCUT2D eigenvalue weighted by Crippen LogP contribution is -2.45. The highest BCUT2D eigenvalue weighted by Crippen LogP contribution is 2.53. The van der Waals surface area contributed by atoms with Crippen molar-refractivity contribution < 1.29 is 9.18 Å². The van der Waals surface area contributed by atoms with Gasteiger partial charge in [0.25, 0.3) is 5.91 Å². The molecular weight excluding hydrogens is 365 g/mol. The van der Waals surface area contributed by atoms with E-state index in [-0.39, 0.29) is 11.4 Å². The van der Waals surface area contributed by atoms with Crippen molar-refractivity contribution in [1.82, 2.24) is 15.3 Å². The third-order valence-electron chi connectivity index (χ3n) is 7.06. The van der Waals surface area contributed by atoms with Crippen molar-refractivity contribution in [3.05, 3.63) is 64.4 Å². The summed E-state index contributed by atoms with van der Waals surface area (Å²) in [4.78, 5) is 21.4. The number of nitrogens with zero attached hydrogens (tertiary/aromatic N) is 2. The first-order chi connectivity index (χ1) is 14.0. The number of allylic oxidation sites excluding steroid dienone is 1. The molecule has 0 bridgehead atoms. The van der Waals surface area contributed by atoms with Crippen molar-refractivity contribution in [3.8, 4) is 11.3 Å². The van der Waals surface area contributed by atoms with Gasteiger partial charge in [0.05, 0.1) is 5.69 Å². The van der Waals surface area contributed by atoms with E-state index in [1.54, 1.807) is 6.07 Å². The number of pyridine rings is 2. The van der Waals surface area contributed by atoms with Gasteiger partial charge in [-0.25, -0.2) is 4.98 Å². The summed E-state index contributed by atoms with van der Waals surface area (Å²) in [5.41, 5.74) is 8.92. The number of aromatic nitrogens is 2. The number of fused-ring (bicyclic) bond motifs is 3. The number of halogens is 1. The summed E-state index contributed by atoms with van der Waals surface area (Å²) in [7, 11) is 0. The highest BCUT2D eigenvalue weighted by Gasteiger charge is 2.50. The van der Waals surface area contributed by atoms with Crippen LogP contribution in [0.25, 0.3) is 16.8 Å². The summed E-state index contributed by atoms with van der Waals surface area (Å²) < 4.78 is 13.2. The van der Waals surface area contributed by atoms with E-state index in [0.29, 0.717) is 5.92 Å². The highest BCUT2D eigenvalue weighted by molar-refractivity contribution is 6.04. The SMILES string of the molecule is CC1CC2=C(CCc3cnc(-c4ccc(F)nc4)cc32)C2=C1CC1(CC1)NC2=O. The van der Waals surface area contributed by atoms with Crippen LogP contribution >= 0.6 is 0 Å². The lowest BCUT2D eigenvalue weighted by molar-refractivity contribution is -0.118. The van der Waals surface area contributed by atoms with E-state index in [1.165, 1.54) is 40.1 Å². The number of rotatable bonds is 1. The van der Waals surface area contributed by atoms with Gasteiger partial charge < -0.3 is 5.32 Å². The summed E-state index contributed by atoms with van der Waals surface area (Å²) in [5, 5.41) is 3.30. The minimum Gasteiger partial charge on any atom is -0.346 e. The zero-order valence-electron chi connectivity index (χ0n) is 16.4. The maximum absolute atomic E-state index is 13.2. The number of hydrogen-bond acceptors (Lipinski definition) is 3. The molecule has 2 aromatic heterocycles. The molecule has 1 saturated carbocycles. The summed E-state index contributed by atoms with van der Waals surface area (Å²) in [6, 6.07) is 5.17. The van der Waals surface area contributed by atoms with Crippen LogP contribution in [0.2, 0.25) is 0 Å². The topological polar surface area (TPSA) is 54.9 Å². The fourth-order valence-electron chi connectivity index (χ4n) is 5.31. The lowest BCUT2D eigenvalue weighted by atomic mass is 9.69. The van der Waals surface area contributed by atoms with Crippen LogP contribution in [0.15, 0.2) is 47.3 Å². The molecule has 4 aliphatic rings. The molecule has 1 N–H and O–H groups in total.